The molecule has 0 aromatic rings. The molecule has 220 valence electrons. The molecule has 12 heteroatoms. The topological polar surface area (TPSA) is 145 Å². The van der Waals surface area contributed by atoms with Gasteiger partial charge in [-0.25, -0.2) is 9.59 Å². The molecular formula is C26H48N4O8. The van der Waals surface area contributed by atoms with E-state index in [0.29, 0.717) is 25.9 Å². The van der Waals surface area contributed by atoms with Crippen molar-refractivity contribution < 1.29 is 28.9 Å². The predicted molar refractivity (Wildman–Crippen MR) is 143 cm³/mol. The van der Waals surface area contributed by atoms with Gasteiger partial charge < -0.3 is 19.3 Å². The first kappa shape index (κ1) is 33.4. The van der Waals surface area contributed by atoms with Crippen LogP contribution in [0.4, 0.5) is 9.59 Å². The normalized spacial score (nSPS) is 24.4. The summed E-state index contributed by atoms with van der Waals surface area (Å²) >= 11 is 0. The largest absolute Gasteiger partial charge is 0.444 e. The molecule has 2 aliphatic heterocycles. The van der Waals surface area contributed by atoms with Crippen LogP contribution in [0.3, 0.4) is 0 Å². The number of hydrogen-bond acceptors (Lipinski definition) is 8. The highest BCUT2D eigenvalue weighted by atomic mass is 16.6. The van der Waals surface area contributed by atoms with E-state index in [2.05, 4.69) is 0 Å². The molecule has 0 spiro atoms. The third-order valence-electron chi connectivity index (χ3n) is 6.83. The van der Waals surface area contributed by atoms with E-state index in [1.807, 2.05) is 27.7 Å². The molecule has 38 heavy (non-hydrogen) atoms. The van der Waals surface area contributed by atoms with E-state index in [0.717, 1.165) is 0 Å². The molecule has 12 nitrogen and oxygen atoms in total. The minimum atomic E-state index is -0.693. The fraction of sp³-hybridized carbons (Fsp3) is 0.923. The van der Waals surface area contributed by atoms with Crippen LogP contribution in [0.2, 0.25) is 0 Å². The van der Waals surface area contributed by atoms with Crippen LogP contribution < -0.4 is 0 Å². The number of carbonyl (C=O) groups is 2. The van der Waals surface area contributed by atoms with Crippen LogP contribution in [-0.4, -0.2) is 81.3 Å². The Balaban J connectivity index is 0.000000380. The van der Waals surface area contributed by atoms with E-state index < -0.39 is 35.5 Å². The second kappa shape index (κ2) is 13.4. The minimum absolute atomic E-state index is 0.0219. The van der Waals surface area contributed by atoms with Gasteiger partial charge in [0.05, 0.1) is 13.1 Å². The number of likely N-dealkylation sites (tertiary alicyclic amines) is 2. The average Bonchev–Trinajstić information content (AvgIpc) is 2.76. The lowest BCUT2D eigenvalue weighted by atomic mass is 9.83. The van der Waals surface area contributed by atoms with Gasteiger partial charge >= 0.3 is 12.2 Å². The quantitative estimate of drug-likeness (QED) is 0.351. The van der Waals surface area contributed by atoms with Gasteiger partial charge in [-0.3, -0.25) is 20.2 Å². The lowest BCUT2D eigenvalue weighted by molar-refractivity contribution is -0.537. The first-order valence-corrected chi connectivity index (χ1v) is 13.5. The Morgan fingerprint density at radius 2 is 1.00 bits per heavy atom. The summed E-state index contributed by atoms with van der Waals surface area (Å²) < 4.78 is 10.5. The second-order valence-corrected chi connectivity index (χ2v) is 13.0. The third kappa shape index (κ3) is 10.6. The molecule has 2 aliphatic rings. The SMILES string of the molecule is CC(C)[C@@H]1CCN(C(=O)OC(C)(C)C)C[C@@H]1[N+](=O)[O-].CC(C)[C@H]1CCN(C(=O)OC(C)(C)C)C[C@H]1[N+](=O)[O-]. The first-order chi connectivity index (χ1) is 17.2. The van der Waals surface area contributed by atoms with Crippen molar-refractivity contribution in [2.75, 3.05) is 26.2 Å². The summed E-state index contributed by atoms with van der Waals surface area (Å²) in [7, 11) is 0. The number of ether oxygens (including phenoxy) is 2. The van der Waals surface area contributed by atoms with Crippen LogP contribution in [0.1, 0.15) is 82.1 Å². The van der Waals surface area contributed by atoms with E-state index in [1.54, 1.807) is 41.5 Å². The van der Waals surface area contributed by atoms with E-state index >= 15 is 0 Å². The van der Waals surface area contributed by atoms with Crippen molar-refractivity contribution in [3.8, 4) is 0 Å². The summed E-state index contributed by atoms with van der Waals surface area (Å²) in [6.07, 6.45) is 0.397. The summed E-state index contributed by atoms with van der Waals surface area (Å²) in [6, 6.07) is -1.39. The smallest absolute Gasteiger partial charge is 0.410 e. The first-order valence-electron chi connectivity index (χ1n) is 13.5. The highest BCUT2D eigenvalue weighted by Crippen LogP contribution is 2.29. The number of nitrogens with zero attached hydrogens (tertiary/aromatic N) is 4. The van der Waals surface area contributed by atoms with Crippen LogP contribution in [-0.2, 0) is 9.47 Å². The summed E-state index contributed by atoms with van der Waals surface area (Å²) in [5.41, 5.74) is -1.15. The van der Waals surface area contributed by atoms with Crippen molar-refractivity contribution in [2.45, 2.75) is 105 Å². The summed E-state index contributed by atoms with van der Waals surface area (Å²) in [6.45, 7) is 20.0. The number of carbonyl (C=O) groups excluding carboxylic acids is 2. The van der Waals surface area contributed by atoms with E-state index in [4.69, 9.17) is 9.47 Å². The van der Waals surface area contributed by atoms with Crippen LogP contribution in [0.25, 0.3) is 0 Å². The molecule has 2 saturated heterocycles. The molecule has 0 unspecified atom stereocenters. The van der Waals surface area contributed by atoms with Gasteiger partial charge in [0.1, 0.15) is 11.2 Å². The molecule has 0 bridgehead atoms. The van der Waals surface area contributed by atoms with Crippen molar-refractivity contribution in [1.29, 1.82) is 0 Å². The van der Waals surface area contributed by atoms with Gasteiger partial charge in [-0.2, -0.15) is 0 Å². The van der Waals surface area contributed by atoms with Crippen LogP contribution in [0.5, 0.6) is 0 Å². The van der Waals surface area contributed by atoms with Gasteiger partial charge in [-0.05, 0) is 66.2 Å². The van der Waals surface area contributed by atoms with Gasteiger partial charge in [0.15, 0.2) is 0 Å². The fourth-order valence-corrected chi connectivity index (χ4v) is 4.89. The second-order valence-electron chi connectivity index (χ2n) is 13.0. The van der Waals surface area contributed by atoms with Gasteiger partial charge in [-0.1, -0.05) is 27.7 Å². The van der Waals surface area contributed by atoms with Crippen molar-refractivity contribution in [3.05, 3.63) is 20.2 Å². The minimum Gasteiger partial charge on any atom is -0.444 e. The highest BCUT2D eigenvalue weighted by molar-refractivity contribution is 5.68. The van der Waals surface area contributed by atoms with Crippen LogP contribution >= 0.6 is 0 Å². The molecule has 0 aromatic carbocycles. The zero-order chi connectivity index (χ0) is 29.6. The molecule has 2 fully saturated rings. The average molecular weight is 545 g/mol. The maximum atomic E-state index is 11.9. The van der Waals surface area contributed by atoms with Gasteiger partial charge in [0.2, 0.25) is 12.1 Å². The Hall–Kier alpha value is -2.66. The maximum absolute atomic E-state index is 11.9. The Morgan fingerprint density at radius 3 is 1.21 bits per heavy atom. The summed E-state index contributed by atoms with van der Waals surface area (Å²) in [4.78, 5) is 48.6. The summed E-state index contributed by atoms with van der Waals surface area (Å²) in [5.74, 6) is 0.537. The molecule has 0 aromatic heterocycles. The number of nitro groups is 2. The lowest BCUT2D eigenvalue weighted by Crippen LogP contribution is -2.52. The van der Waals surface area contributed by atoms with E-state index in [9.17, 15) is 29.8 Å². The number of amides is 2. The molecule has 0 N–H and O–H groups in total. The highest BCUT2D eigenvalue weighted by Gasteiger charge is 2.42. The van der Waals surface area contributed by atoms with Crippen LogP contribution in [0.15, 0.2) is 0 Å². The molecule has 0 saturated carbocycles. The van der Waals surface area contributed by atoms with Crippen molar-refractivity contribution in [2.24, 2.45) is 23.7 Å². The van der Waals surface area contributed by atoms with Gasteiger partial charge in [0.25, 0.3) is 0 Å². The molecular weight excluding hydrogens is 496 g/mol. The van der Waals surface area contributed by atoms with E-state index in [-0.39, 0.29) is 46.6 Å². The Bertz CT molecular complexity index is 766. The predicted octanol–water partition coefficient (Wildman–Crippen LogP) is 5.09. The van der Waals surface area contributed by atoms with Crippen molar-refractivity contribution >= 4 is 12.2 Å². The van der Waals surface area contributed by atoms with Gasteiger partial charge in [0, 0.05) is 34.8 Å². The Morgan fingerprint density at radius 1 is 0.711 bits per heavy atom. The third-order valence-corrected chi connectivity index (χ3v) is 6.83. The maximum Gasteiger partial charge on any atom is 0.410 e. The standard InChI is InChI=1S/2C13H24N2O4/c2*1-9(2)10-6-7-14(8-11(10)15(17)18)12(16)19-13(3,4)5/h2*9-11H,6-8H2,1-5H3/t2*10-,11-/m10/s1. The zero-order valence-electron chi connectivity index (χ0n) is 24.8. The number of hydrogen-bond donors (Lipinski definition) is 0. The number of piperidine rings is 2. The molecule has 2 amide bonds. The number of rotatable bonds is 4. The lowest BCUT2D eigenvalue weighted by Gasteiger charge is -2.36. The zero-order valence-corrected chi connectivity index (χ0v) is 24.8. The molecule has 2 heterocycles. The van der Waals surface area contributed by atoms with Crippen molar-refractivity contribution in [1.82, 2.24) is 9.80 Å². The monoisotopic (exact) mass is 544 g/mol. The molecule has 0 aliphatic carbocycles. The molecule has 2 rings (SSSR count). The molecule has 4 atom stereocenters. The van der Waals surface area contributed by atoms with Gasteiger partial charge in [-0.15, -0.1) is 0 Å². The Labute approximate surface area is 226 Å². The van der Waals surface area contributed by atoms with E-state index in [1.165, 1.54) is 9.80 Å². The van der Waals surface area contributed by atoms with Crippen LogP contribution in [0, 0.1) is 43.9 Å². The Kier molecular flexibility index (Phi) is 11.8. The molecule has 0 radical (unpaired) electrons. The van der Waals surface area contributed by atoms with Crippen molar-refractivity contribution in [3.63, 3.8) is 0 Å². The fourth-order valence-electron chi connectivity index (χ4n) is 4.89. The summed E-state index contributed by atoms with van der Waals surface area (Å²) in [5, 5.41) is 22.3.